The van der Waals surface area contributed by atoms with Gasteiger partial charge in [-0.3, -0.25) is 0 Å². The Labute approximate surface area is 134 Å². The Morgan fingerprint density at radius 3 is 2.36 bits per heavy atom. The van der Waals surface area contributed by atoms with Gasteiger partial charge in [0.2, 0.25) is 0 Å². The smallest absolute Gasteiger partial charge is 0.407 e. The number of benzene rings is 1. The van der Waals surface area contributed by atoms with Gasteiger partial charge in [0.15, 0.2) is 0 Å². The summed E-state index contributed by atoms with van der Waals surface area (Å²) in [5.41, 5.74) is 0.862. The zero-order chi connectivity index (χ0) is 16.6. The molecule has 2 N–H and O–H groups in total. The van der Waals surface area contributed by atoms with Gasteiger partial charge in [-0.05, 0) is 38.7 Å². The van der Waals surface area contributed by atoms with Crippen LogP contribution < -0.4 is 10.6 Å². The van der Waals surface area contributed by atoms with Crippen LogP contribution in [0.15, 0.2) is 30.3 Å². The number of carbonyl (C=O) groups excluding carboxylic acids is 1. The second-order valence-corrected chi connectivity index (χ2v) is 6.72. The third-order valence-corrected chi connectivity index (χ3v) is 3.42. The topological polar surface area (TPSA) is 50.4 Å². The van der Waals surface area contributed by atoms with Gasteiger partial charge in [-0.1, -0.05) is 44.2 Å². The molecule has 0 aliphatic rings. The molecule has 1 rings (SSSR count). The van der Waals surface area contributed by atoms with Crippen LogP contribution in [0.2, 0.25) is 0 Å². The van der Waals surface area contributed by atoms with Crippen LogP contribution in [0.4, 0.5) is 4.79 Å². The lowest BCUT2D eigenvalue weighted by atomic mass is 10.0. The molecule has 1 aromatic rings. The van der Waals surface area contributed by atoms with Gasteiger partial charge in [0.25, 0.3) is 0 Å². The average Bonchev–Trinajstić information content (AvgIpc) is 2.45. The molecule has 4 heteroatoms. The van der Waals surface area contributed by atoms with Crippen LogP contribution in [0.25, 0.3) is 0 Å². The summed E-state index contributed by atoms with van der Waals surface area (Å²) in [6, 6.07) is 10.5. The van der Waals surface area contributed by atoms with Crippen LogP contribution in [-0.4, -0.2) is 30.8 Å². The molecule has 0 spiro atoms. The van der Waals surface area contributed by atoms with Gasteiger partial charge < -0.3 is 15.4 Å². The van der Waals surface area contributed by atoms with E-state index in [4.69, 9.17) is 4.74 Å². The predicted octanol–water partition coefficient (Wildman–Crippen LogP) is 3.68. The van der Waals surface area contributed by atoms with E-state index in [-0.39, 0.29) is 12.1 Å². The molecule has 0 saturated carbocycles. The Kier molecular flexibility index (Phi) is 7.39. The minimum absolute atomic E-state index is 0.0813. The Morgan fingerprint density at radius 2 is 1.82 bits per heavy atom. The van der Waals surface area contributed by atoms with Crippen molar-refractivity contribution < 1.29 is 9.53 Å². The van der Waals surface area contributed by atoms with E-state index in [9.17, 15) is 4.79 Å². The van der Waals surface area contributed by atoms with Gasteiger partial charge in [0, 0.05) is 19.1 Å². The summed E-state index contributed by atoms with van der Waals surface area (Å²) >= 11 is 0. The molecule has 2 unspecified atom stereocenters. The number of carbonyl (C=O) groups is 1. The molecular formula is C18H30N2O2. The number of amides is 1. The third-order valence-electron chi connectivity index (χ3n) is 3.42. The fourth-order valence-electron chi connectivity index (χ4n) is 2.15. The summed E-state index contributed by atoms with van der Waals surface area (Å²) in [5, 5.41) is 6.35. The van der Waals surface area contributed by atoms with E-state index in [0.717, 1.165) is 19.5 Å². The van der Waals surface area contributed by atoms with Gasteiger partial charge in [0.1, 0.15) is 5.60 Å². The summed E-state index contributed by atoms with van der Waals surface area (Å²) in [7, 11) is 0. The molecule has 22 heavy (non-hydrogen) atoms. The molecule has 4 nitrogen and oxygen atoms in total. The first-order valence-corrected chi connectivity index (χ1v) is 8.07. The molecule has 0 fully saturated rings. The van der Waals surface area contributed by atoms with Crippen molar-refractivity contribution in [3.05, 3.63) is 35.9 Å². The van der Waals surface area contributed by atoms with E-state index >= 15 is 0 Å². The average molecular weight is 306 g/mol. The van der Waals surface area contributed by atoms with E-state index in [0.29, 0.717) is 5.92 Å². The number of ether oxygens (including phenoxy) is 1. The molecule has 0 radical (unpaired) electrons. The molecule has 0 aromatic heterocycles. The summed E-state index contributed by atoms with van der Waals surface area (Å²) in [6.07, 6.45) is 0.517. The van der Waals surface area contributed by atoms with Gasteiger partial charge in [0.05, 0.1) is 0 Å². The van der Waals surface area contributed by atoms with Crippen molar-refractivity contribution in [1.29, 1.82) is 0 Å². The lowest BCUT2D eigenvalue weighted by Gasteiger charge is -2.23. The number of alkyl carbamates (subject to hydrolysis) is 1. The highest BCUT2D eigenvalue weighted by atomic mass is 16.6. The van der Waals surface area contributed by atoms with Crippen LogP contribution in [0.5, 0.6) is 0 Å². The zero-order valence-electron chi connectivity index (χ0n) is 14.5. The van der Waals surface area contributed by atoms with E-state index in [1.165, 1.54) is 5.56 Å². The zero-order valence-corrected chi connectivity index (χ0v) is 14.5. The number of nitrogens with one attached hydrogen (secondary N) is 2. The SMILES string of the molecule is CCC(CNCC(C)c1ccccc1)NC(=O)OC(C)(C)C. The van der Waals surface area contributed by atoms with Crippen molar-refractivity contribution in [1.82, 2.24) is 10.6 Å². The van der Waals surface area contributed by atoms with E-state index < -0.39 is 5.60 Å². The van der Waals surface area contributed by atoms with Crippen molar-refractivity contribution in [3.63, 3.8) is 0 Å². The molecule has 0 bridgehead atoms. The van der Waals surface area contributed by atoms with Crippen LogP contribution >= 0.6 is 0 Å². The molecule has 0 saturated heterocycles. The monoisotopic (exact) mass is 306 g/mol. The van der Waals surface area contributed by atoms with Crippen molar-refractivity contribution in [3.8, 4) is 0 Å². The Hall–Kier alpha value is -1.55. The van der Waals surface area contributed by atoms with Crippen molar-refractivity contribution in [2.24, 2.45) is 0 Å². The highest BCUT2D eigenvalue weighted by Gasteiger charge is 2.18. The molecule has 124 valence electrons. The standard InChI is InChI=1S/C18H30N2O2/c1-6-16(20-17(21)22-18(3,4)5)13-19-12-14(2)15-10-8-7-9-11-15/h7-11,14,16,19H,6,12-13H2,1-5H3,(H,20,21). The first-order valence-electron chi connectivity index (χ1n) is 8.07. The summed E-state index contributed by atoms with van der Waals surface area (Å²) in [5.74, 6) is 0.445. The quantitative estimate of drug-likeness (QED) is 0.808. The number of hydrogen-bond donors (Lipinski definition) is 2. The van der Waals surface area contributed by atoms with Crippen LogP contribution in [0, 0.1) is 0 Å². The Balaban J connectivity index is 2.33. The molecule has 2 atom stereocenters. The van der Waals surface area contributed by atoms with Gasteiger partial charge in [-0.2, -0.15) is 0 Å². The van der Waals surface area contributed by atoms with Crippen molar-refractivity contribution >= 4 is 6.09 Å². The first kappa shape index (κ1) is 18.5. The third kappa shape index (κ3) is 7.46. The van der Waals surface area contributed by atoms with E-state index in [1.54, 1.807) is 0 Å². The molecule has 0 aliphatic heterocycles. The predicted molar refractivity (Wildman–Crippen MR) is 91.2 cm³/mol. The second kappa shape index (κ2) is 8.79. The van der Waals surface area contributed by atoms with E-state index in [2.05, 4.69) is 48.7 Å². The van der Waals surface area contributed by atoms with E-state index in [1.807, 2.05) is 26.8 Å². The lowest BCUT2D eigenvalue weighted by molar-refractivity contribution is 0.0502. The number of rotatable bonds is 7. The highest BCUT2D eigenvalue weighted by Crippen LogP contribution is 2.13. The minimum Gasteiger partial charge on any atom is -0.444 e. The normalized spacial score (nSPS) is 14.2. The first-order chi connectivity index (χ1) is 10.3. The molecular weight excluding hydrogens is 276 g/mol. The maximum atomic E-state index is 11.8. The Bertz CT molecular complexity index is 440. The van der Waals surface area contributed by atoms with Gasteiger partial charge in [-0.15, -0.1) is 0 Å². The Morgan fingerprint density at radius 1 is 1.18 bits per heavy atom. The maximum absolute atomic E-state index is 11.8. The lowest BCUT2D eigenvalue weighted by Crippen LogP contribution is -2.44. The molecule has 1 aromatic carbocycles. The van der Waals surface area contributed by atoms with Crippen molar-refractivity contribution in [2.75, 3.05) is 13.1 Å². The largest absolute Gasteiger partial charge is 0.444 e. The molecule has 0 heterocycles. The minimum atomic E-state index is -0.461. The van der Waals surface area contributed by atoms with Crippen LogP contribution in [0.3, 0.4) is 0 Å². The summed E-state index contributed by atoms with van der Waals surface area (Å²) < 4.78 is 5.29. The number of hydrogen-bond acceptors (Lipinski definition) is 3. The molecule has 0 aliphatic carbocycles. The fraction of sp³-hybridized carbons (Fsp3) is 0.611. The van der Waals surface area contributed by atoms with Gasteiger partial charge >= 0.3 is 6.09 Å². The van der Waals surface area contributed by atoms with Gasteiger partial charge in [-0.25, -0.2) is 4.79 Å². The van der Waals surface area contributed by atoms with Crippen LogP contribution in [-0.2, 0) is 4.74 Å². The van der Waals surface area contributed by atoms with Crippen molar-refractivity contribution in [2.45, 2.75) is 58.6 Å². The van der Waals surface area contributed by atoms with Crippen LogP contribution in [0.1, 0.15) is 52.5 Å². The summed E-state index contributed by atoms with van der Waals surface area (Å²) in [4.78, 5) is 11.8. The molecule has 1 amide bonds. The second-order valence-electron chi connectivity index (χ2n) is 6.72. The maximum Gasteiger partial charge on any atom is 0.407 e. The highest BCUT2D eigenvalue weighted by molar-refractivity contribution is 5.68. The fourth-order valence-corrected chi connectivity index (χ4v) is 2.15. The summed E-state index contributed by atoms with van der Waals surface area (Å²) in [6.45, 7) is 11.5.